The van der Waals surface area contributed by atoms with E-state index in [2.05, 4.69) is 31.4 Å². The lowest BCUT2D eigenvalue weighted by Crippen LogP contribution is -2.33. The highest BCUT2D eigenvalue weighted by molar-refractivity contribution is 5.79. The molecular formula is C15H30N2O2. The van der Waals surface area contributed by atoms with Crippen LogP contribution in [0.25, 0.3) is 0 Å². The average Bonchev–Trinajstić information content (AvgIpc) is 2.12. The predicted molar refractivity (Wildman–Crippen MR) is 78.8 cm³/mol. The molecule has 0 heterocycles. The fraction of sp³-hybridized carbons (Fsp3) is 0.867. The van der Waals surface area contributed by atoms with Crippen LogP contribution in [0.5, 0.6) is 0 Å². The van der Waals surface area contributed by atoms with Gasteiger partial charge in [0.25, 0.3) is 0 Å². The van der Waals surface area contributed by atoms with Crippen molar-refractivity contribution in [2.24, 2.45) is 10.8 Å². The van der Waals surface area contributed by atoms with E-state index in [0.29, 0.717) is 25.9 Å². The third-order valence-electron chi connectivity index (χ3n) is 2.56. The molecule has 0 aromatic heterocycles. The highest BCUT2D eigenvalue weighted by Crippen LogP contribution is 2.18. The summed E-state index contributed by atoms with van der Waals surface area (Å²) in [6.45, 7) is 13.6. The molecule has 19 heavy (non-hydrogen) atoms. The highest BCUT2D eigenvalue weighted by Gasteiger charge is 2.15. The summed E-state index contributed by atoms with van der Waals surface area (Å²) in [5, 5.41) is 5.65. The smallest absolute Gasteiger partial charge is 0.221 e. The van der Waals surface area contributed by atoms with Crippen LogP contribution in [-0.2, 0) is 9.59 Å². The molecule has 4 heteroatoms. The maximum Gasteiger partial charge on any atom is 0.221 e. The molecule has 0 aromatic rings. The van der Waals surface area contributed by atoms with Gasteiger partial charge in [-0.15, -0.1) is 0 Å². The first-order valence-electron chi connectivity index (χ1n) is 7.03. The molecule has 4 nitrogen and oxygen atoms in total. The molecule has 0 atom stereocenters. The Morgan fingerprint density at radius 3 is 1.79 bits per heavy atom. The number of hydrogen-bond donors (Lipinski definition) is 2. The van der Waals surface area contributed by atoms with Crippen LogP contribution in [0.2, 0.25) is 0 Å². The molecule has 0 radical (unpaired) electrons. The summed E-state index contributed by atoms with van der Waals surface area (Å²) in [7, 11) is 0. The van der Waals surface area contributed by atoms with Crippen molar-refractivity contribution in [3.05, 3.63) is 0 Å². The zero-order valence-electron chi connectivity index (χ0n) is 13.4. The van der Waals surface area contributed by atoms with Crippen LogP contribution in [0.3, 0.4) is 0 Å². The standard InChI is InChI=1S/C15H30N2O2/c1-14(2,3)8-10-17-12(18)7-9-16-13(19)11-15(4,5)6/h7-11H2,1-6H3,(H,16,19)(H,17,18). The van der Waals surface area contributed by atoms with E-state index in [1.165, 1.54) is 0 Å². The van der Waals surface area contributed by atoms with E-state index in [1.807, 2.05) is 20.8 Å². The Labute approximate surface area is 117 Å². The van der Waals surface area contributed by atoms with Gasteiger partial charge in [0.2, 0.25) is 11.8 Å². The van der Waals surface area contributed by atoms with Gasteiger partial charge in [0.05, 0.1) is 0 Å². The van der Waals surface area contributed by atoms with Gasteiger partial charge in [-0.05, 0) is 17.3 Å². The Balaban J connectivity index is 3.67. The molecule has 0 bridgehead atoms. The number of nitrogens with one attached hydrogen (secondary N) is 2. The van der Waals surface area contributed by atoms with Crippen molar-refractivity contribution in [2.45, 2.75) is 60.8 Å². The predicted octanol–water partition coefficient (Wildman–Crippen LogP) is 2.48. The van der Waals surface area contributed by atoms with Crippen molar-refractivity contribution >= 4 is 11.8 Å². The first-order valence-corrected chi connectivity index (χ1v) is 7.03. The van der Waals surface area contributed by atoms with E-state index in [0.717, 1.165) is 6.42 Å². The van der Waals surface area contributed by atoms with E-state index in [9.17, 15) is 9.59 Å². The molecule has 0 rings (SSSR count). The van der Waals surface area contributed by atoms with E-state index in [1.54, 1.807) is 0 Å². The van der Waals surface area contributed by atoms with Gasteiger partial charge >= 0.3 is 0 Å². The van der Waals surface area contributed by atoms with Crippen molar-refractivity contribution in [1.29, 1.82) is 0 Å². The van der Waals surface area contributed by atoms with Crippen LogP contribution in [0.4, 0.5) is 0 Å². The number of carbonyl (C=O) groups is 2. The molecule has 0 saturated carbocycles. The Kier molecular flexibility index (Phi) is 7.09. The van der Waals surface area contributed by atoms with Crippen LogP contribution in [0, 0.1) is 10.8 Å². The molecule has 2 amide bonds. The first kappa shape index (κ1) is 17.9. The summed E-state index contributed by atoms with van der Waals surface area (Å²) in [6, 6.07) is 0. The highest BCUT2D eigenvalue weighted by atomic mass is 16.2. The summed E-state index contributed by atoms with van der Waals surface area (Å²) >= 11 is 0. The normalized spacial score (nSPS) is 12.1. The van der Waals surface area contributed by atoms with Gasteiger partial charge in [0, 0.05) is 25.9 Å². The van der Waals surface area contributed by atoms with Gasteiger partial charge < -0.3 is 10.6 Å². The summed E-state index contributed by atoms with van der Waals surface area (Å²) in [5.41, 5.74) is 0.216. The third kappa shape index (κ3) is 13.2. The Morgan fingerprint density at radius 2 is 1.32 bits per heavy atom. The second kappa shape index (κ2) is 7.51. The van der Waals surface area contributed by atoms with Gasteiger partial charge in [-0.2, -0.15) is 0 Å². The lowest BCUT2D eigenvalue weighted by atomic mass is 9.92. The SMILES string of the molecule is CC(C)(C)CCNC(=O)CCNC(=O)CC(C)(C)C. The lowest BCUT2D eigenvalue weighted by Gasteiger charge is -2.18. The van der Waals surface area contributed by atoms with Crippen molar-refractivity contribution in [1.82, 2.24) is 10.6 Å². The largest absolute Gasteiger partial charge is 0.356 e. The Bertz CT molecular complexity index is 298. The summed E-state index contributed by atoms with van der Waals surface area (Å²) in [4.78, 5) is 23.1. The van der Waals surface area contributed by atoms with E-state index in [-0.39, 0.29) is 22.6 Å². The van der Waals surface area contributed by atoms with Crippen LogP contribution < -0.4 is 10.6 Å². The summed E-state index contributed by atoms with van der Waals surface area (Å²) < 4.78 is 0. The number of rotatable bonds is 6. The average molecular weight is 270 g/mol. The molecule has 0 aliphatic rings. The molecular weight excluding hydrogens is 240 g/mol. The monoisotopic (exact) mass is 270 g/mol. The first-order chi connectivity index (χ1) is 8.49. The molecule has 0 unspecified atom stereocenters. The minimum atomic E-state index is -0.0148. The second-order valence-electron chi connectivity index (χ2n) is 7.50. The topological polar surface area (TPSA) is 58.2 Å². The minimum absolute atomic E-state index is 0.000286. The summed E-state index contributed by atoms with van der Waals surface area (Å²) in [6.07, 6.45) is 1.79. The van der Waals surface area contributed by atoms with Gasteiger partial charge in [0.15, 0.2) is 0 Å². The zero-order valence-corrected chi connectivity index (χ0v) is 13.4. The summed E-state index contributed by atoms with van der Waals surface area (Å²) in [5.74, 6) is 0.00954. The quantitative estimate of drug-likeness (QED) is 0.779. The second-order valence-corrected chi connectivity index (χ2v) is 7.50. The Hall–Kier alpha value is -1.06. The number of amides is 2. The van der Waals surface area contributed by atoms with Gasteiger partial charge in [-0.25, -0.2) is 0 Å². The van der Waals surface area contributed by atoms with Crippen LogP contribution in [0.1, 0.15) is 60.8 Å². The molecule has 0 fully saturated rings. The fourth-order valence-corrected chi connectivity index (χ4v) is 1.52. The molecule has 0 aromatic carbocycles. The lowest BCUT2D eigenvalue weighted by molar-refractivity contribution is -0.123. The van der Waals surface area contributed by atoms with Gasteiger partial charge in [0.1, 0.15) is 0 Å². The minimum Gasteiger partial charge on any atom is -0.356 e. The number of hydrogen-bond acceptors (Lipinski definition) is 2. The maximum atomic E-state index is 11.5. The zero-order chi connectivity index (χ0) is 15.1. The van der Waals surface area contributed by atoms with Crippen molar-refractivity contribution in [3.63, 3.8) is 0 Å². The van der Waals surface area contributed by atoms with Crippen molar-refractivity contribution < 1.29 is 9.59 Å². The molecule has 0 aliphatic carbocycles. The van der Waals surface area contributed by atoms with E-state index >= 15 is 0 Å². The van der Waals surface area contributed by atoms with Crippen molar-refractivity contribution in [3.8, 4) is 0 Å². The van der Waals surface area contributed by atoms with Crippen molar-refractivity contribution in [2.75, 3.05) is 13.1 Å². The Morgan fingerprint density at radius 1 is 0.789 bits per heavy atom. The number of carbonyl (C=O) groups excluding carboxylic acids is 2. The molecule has 2 N–H and O–H groups in total. The van der Waals surface area contributed by atoms with E-state index < -0.39 is 0 Å². The van der Waals surface area contributed by atoms with Gasteiger partial charge in [-0.3, -0.25) is 9.59 Å². The van der Waals surface area contributed by atoms with Crippen LogP contribution >= 0.6 is 0 Å². The van der Waals surface area contributed by atoms with Crippen LogP contribution in [-0.4, -0.2) is 24.9 Å². The molecule has 0 saturated heterocycles. The molecule has 0 spiro atoms. The molecule has 112 valence electrons. The third-order valence-corrected chi connectivity index (χ3v) is 2.56. The molecule has 0 aliphatic heterocycles. The van der Waals surface area contributed by atoms with Gasteiger partial charge in [-0.1, -0.05) is 41.5 Å². The maximum absolute atomic E-state index is 11.5. The van der Waals surface area contributed by atoms with E-state index in [4.69, 9.17) is 0 Å². The van der Waals surface area contributed by atoms with Crippen LogP contribution in [0.15, 0.2) is 0 Å². The fourth-order valence-electron chi connectivity index (χ4n) is 1.52.